The number of amides is 2. The Bertz CT molecular complexity index is 916. The number of hydrogen-bond donors (Lipinski definition) is 2. The van der Waals surface area contributed by atoms with E-state index in [4.69, 9.17) is 16.0 Å². The summed E-state index contributed by atoms with van der Waals surface area (Å²) in [4.78, 5) is 24.3. The molecule has 0 aliphatic rings. The maximum Gasteiger partial charge on any atom is 0.244 e. The second-order valence-corrected chi connectivity index (χ2v) is 6.65. The summed E-state index contributed by atoms with van der Waals surface area (Å²) in [6.45, 7) is 0.180. The number of carbonyl (C=O) groups is 2. The second kappa shape index (κ2) is 8.00. The van der Waals surface area contributed by atoms with E-state index >= 15 is 0 Å². The van der Waals surface area contributed by atoms with Crippen LogP contribution in [0.2, 0.25) is 5.02 Å². The van der Waals surface area contributed by atoms with E-state index < -0.39 is 0 Å². The molecule has 0 unspecified atom stereocenters. The van der Waals surface area contributed by atoms with Crippen LogP contribution in [0.4, 0.5) is 0 Å². The predicted octanol–water partition coefficient (Wildman–Crippen LogP) is 3.59. The molecule has 2 aromatic heterocycles. The standard InChI is InChI=1S/C18H15ClN2O3S/c19-18-13-5-1-2-6-14(13)25-15(18)7-8-16(22)21-11-17(23)20-10-12-4-3-9-24-12/h1-9H,10-11H2,(H,20,23)(H,21,22)/b8-7+. The summed E-state index contributed by atoms with van der Waals surface area (Å²) < 4.78 is 6.17. The minimum Gasteiger partial charge on any atom is -0.467 e. The molecular formula is C18H15ClN2O3S. The lowest BCUT2D eigenvalue weighted by atomic mass is 10.2. The van der Waals surface area contributed by atoms with Gasteiger partial charge in [0.2, 0.25) is 11.8 Å². The van der Waals surface area contributed by atoms with Crippen molar-refractivity contribution in [2.24, 2.45) is 0 Å². The summed E-state index contributed by atoms with van der Waals surface area (Å²) in [5.74, 6) is -0.00121. The Labute approximate surface area is 153 Å². The zero-order chi connectivity index (χ0) is 17.6. The van der Waals surface area contributed by atoms with Crippen LogP contribution in [0.1, 0.15) is 10.6 Å². The van der Waals surface area contributed by atoms with E-state index in [1.54, 1.807) is 18.2 Å². The van der Waals surface area contributed by atoms with Crippen LogP contribution in [0.15, 0.2) is 53.2 Å². The van der Waals surface area contributed by atoms with Gasteiger partial charge in [0, 0.05) is 21.0 Å². The summed E-state index contributed by atoms with van der Waals surface area (Å²) >= 11 is 7.82. The first-order valence-electron chi connectivity index (χ1n) is 7.55. The molecule has 7 heteroatoms. The Morgan fingerprint density at radius 2 is 2.00 bits per heavy atom. The molecule has 25 heavy (non-hydrogen) atoms. The first kappa shape index (κ1) is 17.3. The molecule has 0 saturated heterocycles. The number of fused-ring (bicyclic) bond motifs is 1. The van der Waals surface area contributed by atoms with Crippen molar-refractivity contribution in [3.05, 3.63) is 64.4 Å². The van der Waals surface area contributed by atoms with Crippen LogP contribution in [0.25, 0.3) is 16.2 Å². The van der Waals surface area contributed by atoms with Crippen molar-refractivity contribution in [1.29, 1.82) is 0 Å². The van der Waals surface area contributed by atoms with Gasteiger partial charge < -0.3 is 15.1 Å². The van der Waals surface area contributed by atoms with Crippen molar-refractivity contribution in [2.75, 3.05) is 6.54 Å². The maximum atomic E-state index is 11.8. The quantitative estimate of drug-likeness (QED) is 0.647. The van der Waals surface area contributed by atoms with Gasteiger partial charge >= 0.3 is 0 Å². The smallest absolute Gasteiger partial charge is 0.244 e. The molecule has 128 valence electrons. The fourth-order valence-corrected chi connectivity index (χ4v) is 3.58. The van der Waals surface area contributed by atoms with Gasteiger partial charge in [-0.3, -0.25) is 9.59 Å². The SMILES string of the molecule is O=C(/C=C/c1sc2ccccc2c1Cl)NCC(=O)NCc1ccco1. The molecule has 5 nitrogen and oxygen atoms in total. The first-order chi connectivity index (χ1) is 12.1. The lowest BCUT2D eigenvalue weighted by molar-refractivity contribution is -0.124. The van der Waals surface area contributed by atoms with Crippen LogP contribution in [0.5, 0.6) is 0 Å². The van der Waals surface area contributed by atoms with Gasteiger partial charge in [-0.1, -0.05) is 29.8 Å². The minimum atomic E-state index is -0.360. The van der Waals surface area contributed by atoms with E-state index in [9.17, 15) is 9.59 Å². The van der Waals surface area contributed by atoms with Gasteiger partial charge in [-0.05, 0) is 24.3 Å². The molecule has 0 radical (unpaired) electrons. The second-order valence-electron chi connectivity index (χ2n) is 5.18. The minimum absolute atomic E-state index is 0.107. The Morgan fingerprint density at radius 3 is 2.76 bits per heavy atom. The summed E-state index contributed by atoms with van der Waals surface area (Å²) in [5.41, 5.74) is 0. The molecule has 0 fully saturated rings. The number of halogens is 1. The molecule has 0 saturated carbocycles. The highest BCUT2D eigenvalue weighted by atomic mass is 35.5. The fraction of sp³-hybridized carbons (Fsp3) is 0.111. The highest BCUT2D eigenvalue weighted by molar-refractivity contribution is 7.20. The first-order valence-corrected chi connectivity index (χ1v) is 8.75. The fourth-order valence-electron chi connectivity index (χ4n) is 2.18. The third kappa shape index (κ3) is 4.49. The van der Waals surface area contributed by atoms with E-state index in [1.165, 1.54) is 23.7 Å². The Kier molecular flexibility index (Phi) is 5.53. The third-order valence-electron chi connectivity index (χ3n) is 3.41. The van der Waals surface area contributed by atoms with Crippen LogP contribution < -0.4 is 10.6 Å². The molecule has 0 spiro atoms. The van der Waals surface area contributed by atoms with Gasteiger partial charge in [0.25, 0.3) is 0 Å². The Hall–Kier alpha value is -2.57. The normalized spacial score (nSPS) is 11.1. The molecule has 2 amide bonds. The van der Waals surface area contributed by atoms with Crippen LogP contribution in [-0.2, 0) is 16.1 Å². The van der Waals surface area contributed by atoms with Gasteiger partial charge in [-0.25, -0.2) is 0 Å². The largest absolute Gasteiger partial charge is 0.467 e. The van der Waals surface area contributed by atoms with Crippen molar-refractivity contribution < 1.29 is 14.0 Å². The number of carbonyl (C=O) groups excluding carboxylic acids is 2. The van der Waals surface area contributed by atoms with Crippen LogP contribution in [0, 0.1) is 0 Å². The highest BCUT2D eigenvalue weighted by Crippen LogP contribution is 2.35. The molecule has 2 heterocycles. The van der Waals surface area contributed by atoms with Crippen LogP contribution in [-0.4, -0.2) is 18.4 Å². The number of nitrogens with one attached hydrogen (secondary N) is 2. The van der Waals surface area contributed by atoms with Crippen molar-refractivity contribution in [1.82, 2.24) is 10.6 Å². The monoisotopic (exact) mass is 374 g/mol. The predicted molar refractivity (Wildman–Crippen MR) is 99.4 cm³/mol. The van der Waals surface area contributed by atoms with Crippen LogP contribution in [0.3, 0.4) is 0 Å². The molecule has 3 rings (SSSR count). The molecule has 0 bridgehead atoms. The van der Waals surface area contributed by atoms with Crippen molar-refractivity contribution in [2.45, 2.75) is 6.54 Å². The number of benzene rings is 1. The average Bonchev–Trinajstić information content (AvgIpc) is 3.25. The molecule has 1 aromatic carbocycles. The average molecular weight is 375 g/mol. The van der Waals surface area contributed by atoms with Crippen molar-refractivity contribution in [3.8, 4) is 0 Å². The van der Waals surface area contributed by atoms with E-state index in [0.717, 1.165) is 15.0 Å². The summed E-state index contributed by atoms with van der Waals surface area (Å²) in [7, 11) is 0. The lowest BCUT2D eigenvalue weighted by Crippen LogP contribution is -2.35. The zero-order valence-electron chi connectivity index (χ0n) is 13.1. The number of furan rings is 1. The van der Waals surface area contributed by atoms with Gasteiger partial charge in [-0.2, -0.15) is 0 Å². The molecule has 3 aromatic rings. The molecule has 0 aliphatic heterocycles. The van der Waals surface area contributed by atoms with Gasteiger partial charge in [0.1, 0.15) is 5.76 Å². The van der Waals surface area contributed by atoms with E-state index in [0.29, 0.717) is 10.8 Å². The summed E-state index contributed by atoms with van der Waals surface area (Å²) in [5, 5.41) is 6.77. The maximum absolute atomic E-state index is 11.8. The third-order valence-corrected chi connectivity index (χ3v) is 5.06. The van der Waals surface area contributed by atoms with E-state index in [2.05, 4.69) is 10.6 Å². The number of rotatable bonds is 6. The van der Waals surface area contributed by atoms with Crippen LogP contribution >= 0.6 is 22.9 Å². The number of hydrogen-bond acceptors (Lipinski definition) is 4. The van der Waals surface area contributed by atoms with Gasteiger partial charge in [0.05, 0.1) is 24.4 Å². The zero-order valence-corrected chi connectivity index (χ0v) is 14.7. The summed E-state index contributed by atoms with van der Waals surface area (Å²) in [6, 6.07) is 11.3. The van der Waals surface area contributed by atoms with Crippen molar-refractivity contribution >= 4 is 50.9 Å². The summed E-state index contributed by atoms with van der Waals surface area (Å²) in [6.07, 6.45) is 4.56. The van der Waals surface area contributed by atoms with Gasteiger partial charge in [-0.15, -0.1) is 11.3 Å². The lowest BCUT2D eigenvalue weighted by Gasteiger charge is -2.03. The molecule has 0 aliphatic carbocycles. The molecule has 0 atom stereocenters. The molecular weight excluding hydrogens is 360 g/mol. The Balaban J connectivity index is 1.50. The van der Waals surface area contributed by atoms with Crippen molar-refractivity contribution in [3.63, 3.8) is 0 Å². The van der Waals surface area contributed by atoms with Gasteiger partial charge in [0.15, 0.2) is 0 Å². The van der Waals surface area contributed by atoms with E-state index in [-0.39, 0.29) is 24.9 Å². The highest BCUT2D eigenvalue weighted by Gasteiger charge is 2.08. The topological polar surface area (TPSA) is 71.3 Å². The molecule has 2 N–H and O–H groups in total. The number of thiophene rings is 1. The Morgan fingerprint density at radius 1 is 1.16 bits per heavy atom. The van der Waals surface area contributed by atoms with E-state index in [1.807, 2.05) is 24.3 Å².